The first-order valence-corrected chi connectivity index (χ1v) is 7.14. The van der Waals surface area contributed by atoms with Crippen LogP contribution in [0, 0.1) is 13.8 Å². The lowest BCUT2D eigenvalue weighted by Crippen LogP contribution is -2.47. The normalized spacial score (nSPS) is 14.9. The molecule has 0 fully saturated rings. The van der Waals surface area contributed by atoms with E-state index in [9.17, 15) is 18.3 Å². The summed E-state index contributed by atoms with van der Waals surface area (Å²) in [6, 6.07) is 2.92. The molecule has 1 aromatic carbocycles. The second-order valence-corrected chi connectivity index (χ2v) is 6.14. The predicted molar refractivity (Wildman–Crippen MR) is 69.3 cm³/mol. The standard InChI is InChI=1S/C12H17NO5S/c1-7-4-5-10(6-8(7)2)19(17,18)13-11(9(3)14)12(15)16/h4-6,9,11,13-14H,1-3H3,(H,15,16)/t9-,11-/m1/s1. The van der Waals surface area contributed by atoms with Gasteiger partial charge in [0.25, 0.3) is 0 Å². The second-order valence-electron chi connectivity index (χ2n) is 4.42. The van der Waals surface area contributed by atoms with Gasteiger partial charge in [-0.2, -0.15) is 4.72 Å². The quantitative estimate of drug-likeness (QED) is 0.728. The zero-order valence-electron chi connectivity index (χ0n) is 10.9. The fraction of sp³-hybridized carbons (Fsp3) is 0.417. The molecule has 0 radical (unpaired) electrons. The first-order chi connectivity index (χ1) is 8.65. The van der Waals surface area contributed by atoms with Gasteiger partial charge in [-0.05, 0) is 44.0 Å². The lowest BCUT2D eigenvalue weighted by molar-refractivity contribution is -0.141. The lowest BCUT2D eigenvalue weighted by Gasteiger charge is -2.17. The Labute approximate surface area is 112 Å². The molecule has 7 heteroatoms. The number of hydrogen-bond acceptors (Lipinski definition) is 4. The molecule has 0 aliphatic rings. The molecular weight excluding hydrogens is 270 g/mol. The topological polar surface area (TPSA) is 104 Å². The molecule has 0 heterocycles. The van der Waals surface area contributed by atoms with Gasteiger partial charge < -0.3 is 10.2 Å². The third-order valence-corrected chi connectivity index (χ3v) is 4.26. The van der Waals surface area contributed by atoms with Gasteiger partial charge in [-0.3, -0.25) is 4.79 Å². The summed E-state index contributed by atoms with van der Waals surface area (Å²) < 4.78 is 26.0. The second kappa shape index (κ2) is 5.68. The average molecular weight is 287 g/mol. The minimum atomic E-state index is -3.98. The zero-order chi connectivity index (χ0) is 14.8. The number of aliphatic hydroxyl groups excluding tert-OH is 1. The number of carbonyl (C=O) groups is 1. The van der Waals surface area contributed by atoms with E-state index in [1.165, 1.54) is 19.1 Å². The van der Waals surface area contributed by atoms with Gasteiger partial charge in [0.05, 0.1) is 11.0 Å². The molecule has 0 aromatic heterocycles. The molecule has 0 amide bonds. The van der Waals surface area contributed by atoms with E-state index in [1.807, 2.05) is 11.6 Å². The predicted octanol–water partition coefficient (Wildman–Crippen LogP) is 0.416. The van der Waals surface area contributed by atoms with Gasteiger partial charge in [0, 0.05) is 0 Å². The van der Waals surface area contributed by atoms with Crippen molar-refractivity contribution in [2.24, 2.45) is 0 Å². The summed E-state index contributed by atoms with van der Waals surface area (Å²) in [5, 5.41) is 18.1. The SMILES string of the molecule is Cc1ccc(S(=O)(=O)N[C@@H](C(=O)O)[C@@H](C)O)cc1C. The van der Waals surface area contributed by atoms with Crippen LogP contribution in [0.3, 0.4) is 0 Å². The van der Waals surface area contributed by atoms with Crippen LogP contribution in [0.5, 0.6) is 0 Å². The van der Waals surface area contributed by atoms with Crippen LogP contribution in [0.1, 0.15) is 18.1 Å². The van der Waals surface area contributed by atoms with Crippen molar-refractivity contribution in [2.45, 2.75) is 37.8 Å². The molecule has 0 aliphatic carbocycles. The van der Waals surface area contributed by atoms with Crippen LogP contribution in [-0.4, -0.2) is 36.7 Å². The molecule has 3 N–H and O–H groups in total. The van der Waals surface area contributed by atoms with Crippen molar-refractivity contribution in [3.8, 4) is 0 Å². The number of rotatable bonds is 5. The van der Waals surface area contributed by atoms with Crippen LogP contribution in [0.25, 0.3) is 0 Å². The largest absolute Gasteiger partial charge is 0.480 e. The summed E-state index contributed by atoms with van der Waals surface area (Å²) >= 11 is 0. The van der Waals surface area contributed by atoms with Gasteiger partial charge in [0.15, 0.2) is 0 Å². The van der Waals surface area contributed by atoms with E-state index in [0.717, 1.165) is 11.1 Å². The number of carboxylic acids is 1. The van der Waals surface area contributed by atoms with E-state index in [2.05, 4.69) is 0 Å². The van der Waals surface area contributed by atoms with Gasteiger partial charge in [-0.15, -0.1) is 0 Å². The molecule has 0 saturated heterocycles. The number of hydrogen-bond donors (Lipinski definition) is 3. The van der Waals surface area contributed by atoms with Gasteiger partial charge in [-0.1, -0.05) is 6.07 Å². The maximum absolute atomic E-state index is 12.0. The van der Waals surface area contributed by atoms with Gasteiger partial charge in [0.2, 0.25) is 10.0 Å². The highest BCUT2D eigenvalue weighted by Gasteiger charge is 2.29. The van der Waals surface area contributed by atoms with Crippen LogP contribution in [0.4, 0.5) is 0 Å². The Kier molecular flexibility index (Phi) is 4.67. The number of aliphatic hydroxyl groups is 1. The molecule has 0 bridgehead atoms. The Morgan fingerprint density at radius 3 is 2.26 bits per heavy atom. The molecule has 2 atom stereocenters. The summed E-state index contributed by atoms with van der Waals surface area (Å²) in [6.45, 7) is 4.81. The summed E-state index contributed by atoms with van der Waals surface area (Å²) in [6.07, 6.45) is -1.33. The third kappa shape index (κ3) is 3.76. The Bertz CT molecular complexity index is 580. The molecule has 1 rings (SSSR count). The van der Waals surface area contributed by atoms with Gasteiger partial charge in [-0.25, -0.2) is 8.42 Å². The number of nitrogens with one attached hydrogen (secondary N) is 1. The fourth-order valence-electron chi connectivity index (χ4n) is 1.47. The molecule has 106 valence electrons. The molecule has 6 nitrogen and oxygen atoms in total. The lowest BCUT2D eigenvalue weighted by atomic mass is 10.1. The summed E-state index contributed by atoms with van der Waals surface area (Å²) in [5.41, 5.74) is 1.72. The zero-order valence-corrected chi connectivity index (χ0v) is 11.7. The summed E-state index contributed by atoms with van der Waals surface area (Å²) in [7, 11) is -3.98. The summed E-state index contributed by atoms with van der Waals surface area (Å²) in [4.78, 5) is 10.9. The van der Waals surface area contributed by atoms with Crippen molar-refractivity contribution in [3.05, 3.63) is 29.3 Å². The van der Waals surface area contributed by atoms with Crippen LogP contribution in [-0.2, 0) is 14.8 Å². The van der Waals surface area contributed by atoms with Crippen LogP contribution >= 0.6 is 0 Å². The minimum absolute atomic E-state index is 0.0255. The Hall–Kier alpha value is -1.44. The highest BCUT2D eigenvalue weighted by Crippen LogP contribution is 2.15. The van der Waals surface area contributed by atoms with E-state index in [4.69, 9.17) is 5.11 Å². The van der Waals surface area contributed by atoms with E-state index >= 15 is 0 Å². The molecule has 0 saturated carbocycles. The van der Waals surface area contributed by atoms with Crippen molar-refractivity contribution in [1.82, 2.24) is 4.72 Å². The van der Waals surface area contributed by atoms with Crippen molar-refractivity contribution < 1.29 is 23.4 Å². The van der Waals surface area contributed by atoms with Crippen molar-refractivity contribution in [3.63, 3.8) is 0 Å². The number of carboxylic acid groups (broad SMARTS) is 1. The smallest absolute Gasteiger partial charge is 0.324 e. The van der Waals surface area contributed by atoms with Crippen molar-refractivity contribution >= 4 is 16.0 Å². The number of aryl methyl sites for hydroxylation is 2. The van der Waals surface area contributed by atoms with E-state index in [0.29, 0.717) is 0 Å². The van der Waals surface area contributed by atoms with E-state index in [-0.39, 0.29) is 4.90 Å². The molecule has 19 heavy (non-hydrogen) atoms. The molecule has 0 unspecified atom stereocenters. The van der Waals surface area contributed by atoms with E-state index in [1.54, 1.807) is 13.0 Å². The molecule has 1 aromatic rings. The Morgan fingerprint density at radius 2 is 1.84 bits per heavy atom. The van der Waals surface area contributed by atoms with Crippen molar-refractivity contribution in [1.29, 1.82) is 0 Å². The Morgan fingerprint density at radius 1 is 1.26 bits per heavy atom. The molecule has 0 aliphatic heterocycles. The molecule has 0 spiro atoms. The third-order valence-electron chi connectivity index (χ3n) is 2.82. The van der Waals surface area contributed by atoms with Crippen molar-refractivity contribution in [2.75, 3.05) is 0 Å². The highest BCUT2D eigenvalue weighted by molar-refractivity contribution is 7.89. The number of aliphatic carboxylic acids is 1. The van der Waals surface area contributed by atoms with Gasteiger partial charge in [0.1, 0.15) is 6.04 Å². The number of benzene rings is 1. The van der Waals surface area contributed by atoms with E-state index < -0.39 is 28.1 Å². The number of sulfonamides is 1. The fourth-order valence-corrected chi connectivity index (χ4v) is 2.82. The van der Waals surface area contributed by atoms with Crippen LogP contribution in [0.2, 0.25) is 0 Å². The minimum Gasteiger partial charge on any atom is -0.480 e. The maximum Gasteiger partial charge on any atom is 0.324 e. The molecular formula is C12H17NO5S. The maximum atomic E-state index is 12.0. The first-order valence-electron chi connectivity index (χ1n) is 5.65. The van der Waals surface area contributed by atoms with Gasteiger partial charge >= 0.3 is 5.97 Å². The van der Waals surface area contributed by atoms with Crippen LogP contribution in [0.15, 0.2) is 23.1 Å². The van der Waals surface area contributed by atoms with Crippen LogP contribution < -0.4 is 4.72 Å². The average Bonchev–Trinajstić information content (AvgIpc) is 2.28. The monoisotopic (exact) mass is 287 g/mol. The Balaban J connectivity index is 3.10. The summed E-state index contributed by atoms with van der Waals surface area (Å²) in [5.74, 6) is -1.43. The first kappa shape index (κ1) is 15.6. The highest BCUT2D eigenvalue weighted by atomic mass is 32.2.